The lowest BCUT2D eigenvalue weighted by Gasteiger charge is -2.06. The van der Waals surface area contributed by atoms with E-state index in [9.17, 15) is 9.59 Å². The lowest BCUT2D eigenvalue weighted by molar-refractivity contribution is 0.0660. The average molecular weight is 319 g/mol. The molecule has 0 spiro atoms. The van der Waals surface area contributed by atoms with Crippen LogP contribution in [0.4, 0.5) is 0 Å². The van der Waals surface area contributed by atoms with Crippen molar-refractivity contribution in [2.24, 2.45) is 5.10 Å². The van der Waals surface area contributed by atoms with Gasteiger partial charge in [0.25, 0.3) is 11.8 Å². The fraction of sp³-hybridized carbons (Fsp3) is 0. The highest BCUT2D eigenvalue weighted by Gasteiger charge is 2.35. The van der Waals surface area contributed by atoms with Gasteiger partial charge in [0.1, 0.15) is 0 Å². The number of hydrazone groups is 1. The first-order valence-corrected chi connectivity index (χ1v) is 6.81. The molecule has 0 atom stereocenters. The summed E-state index contributed by atoms with van der Waals surface area (Å²) in [5.74, 6) is -0.926. The van der Waals surface area contributed by atoms with Gasteiger partial charge in [-0.15, -0.1) is 0 Å². The van der Waals surface area contributed by atoms with Gasteiger partial charge in [-0.2, -0.15) is 10.1 Å². The number of hydrogen-bond acceptors (Lipinski definition) is 3. The predicted molar refractivity (Wildman–Crippen MR) is 81.0 cm³/mol. The van der Waals surface area contributed by atoms with Crippen LogP contribution in [0.1, 0.15) is 26.3 Å². The Kier molecular flexibility index (Phi) is 3.49. The molecule has 2 aromatic carbocycles. The topological polar surface area (TPSA) is 49.7 Å². The van der Waals surface area contributed by atoms with E-state index in [1.807, 2.05) is 0 Å². The molecule has 6 heteroatoms. The van der Waals surface area contributed by atoms with Crippen LogP contribution in [0.25, 0.3) is 0 Å². The predicted octanol–water partition coefficient (Wildman–Crippen LogP) is 3.62. The van der Waals surface area contributed by atoms with Crippen LogP contribution in [-0.2, 0) is 0 Å². The zero-order valence-electron chi connectivity index (χ0n) is 10.6. The molecule has 3 rings (SSSR count). The van der Waals surface area contributed by atoms with Gasteiger partial charge in [-0.25, -0.2) is 0 Å². The van der Waals surface area contributed by atoms with Crippen molar-refractivity contribution in [1.82, 2.24) is 5.01 Å². The van der Waals surface area contributed by atoms with E-state index in [1.165, 1.54) is 6.21 Å². The van der Waals surface area contributed by atoms with Crippen molar-refractivity contribution in [3.8, 4) is 0 Å². The molecule has 0 aliphatic carbocycles. The fourth-order valence-electron chi connectivity index (χ4n) is 2.03. The number of benzene rings is 2. The summed E-state index contributed by atoms with van der Waals surface area (Å²) in [6.45, 7) is 0. The van der Waals surface area contributed by atoms with Crippen molar-refractivity contribution in [2.45, 2.75) is 0 Å². The summed E-state index contributed by atoms with van der Waals surface area (Å²) >= 11 is 12.0. The third-order valence-electron chi connectivity index (χ3n) is 3.07. The minimum Gasteiger partial charge on any atom is -0.267 e. The second kappa shape index (κ2) is 5.31. The van der Waals surface area contributed by atoms with E-state index >= 15 is 0 Å². The van der Waals surface area contributed by atoms with Crippen LogP contribution in [0, 0.1) is 0 Å². The van der Waals surface area contributed by atoms with E-state index in [0.717, 1.165) is 5.01 Å². The smallest absolute Gasteiger partial charge is 0.267 e. The van der Waals surface area contributed by atoms with Crippen molar-refractivity contribution < 1.29 is 9.59 Å². The molecular weight excluding hydrogens is 311 g/mol. The molecule has 2 amide bonds. The molecule has 0 fully saturated rings. The van der Waals surface area contributed by atoms with Gasteiger partial charge in [0.2, 0.25) is 0 Å². The summed E-state index contributed by atoms with van der Waals surface area (Å²) in [4.78, 5) is 24.2. The standard InChI is InChI=1S/C15H8Cl2N2O2/c16-12-6-3-7-13(17)11(12)8-18-19-14(20)9-4-1-2-5-10(9)15(19)21/h1-8H. The van der Waals surface area contributed by atoms with Crippen LogP contribution in [0.3, 0.4) is 0 Å². The normalized spacial score (nSPS) is 14.1. The Balaban J connectivity index is 1.96. The Morgan fingerprint density at radius 3 is 1.90 bits per heavy atom. The number of halogens is 2. The largest absolute Gasteiger partial charge is 0.282 e. The van der Waals surface area contributed by atoms with E-state index in [2.05, 4.69) is 5.10 Å². The number of carbonyl (C=O) groups is 2. The van der Waals surface area contributed by atoms with E-state index in [4.69, 9.17) is 23.2 Å². The summed E-state index contributed by atoms with van der Waals surface area (Å²) in [5, 5.41) is 5.53. The monoisotopic (exact) mass is 318 g/mol. The van der Waals surface area contributed by atoms with E-state index in [1.54, 1.807) is 42.5 Å². The van der Waals surface area contributed by atoms with Crippen LogP contribution in [0.15, 0.2) is 47.6 Å². The summed E-state index contributed by atoms with van der Waals surface area (Å²) in [6.07, 6.45) is 1.31. The zero-order valence-corrected chi connectivity index (χ0v) is 12.1. The van der Waals surface area contributed by atoms with Gasteiger partial charge >= 0.3 is 0 Å². The second-order valence-corrected chi connectivity index (χ2v) is 5.16. The maximum absolute atomic E-state index is 12.1. The first-order chi connectivity index (χ1) is 10.1. The summed E-state index contributed by atoms with van der Waals surface area (Å²) in [6, 6.07) is 11.6. The molecule has 0 bridgehead atoms. The Morgan fingerprint density at radius 2 is 1.38 bits per heavy atom. The third-order valence-corrected chi connectivity index (χ3v) is 3.73. The maximum Gasteiger partial charge on any atom is 0.282 e. The van der Waals surface area contributed by atoms with E-state index in [0.29, 0.717) is 26.7 Å². The molecule has 0 aromatic heterocycles. The van der Waals surface area contributed by atoms with Gasteiger partial charge in [0.15, 0.2) is 0 Å². The van der Waals surface area contributed by atoms with Crippen molar-refractivity contribution in [1.29, 1.82) is 0 Å². The van der Waals surface area contributed by atoms with Crippen LogP contribution in [0.5, 0.6) is 0 Å². The first kappa shape index (κ1) is 13.8. The Labute approximate surface area is 130 Å². The molecule has 0 N–H and O–H groups in total. The molecule has 1 aliphatic heterocycles. The SMILES string of the molecule is O=C1c2ccccc2C(=O)N1N=Cc1c(Cl)cccc1Cl. The average Bonchev–Trinajstić information content (AvgIpc) is 2.72. The molecule has 2 aromatic rings. The zero-order chi connectivity index (χ0) is 15.0. The number of rotatable bonds is 2. The maximum atomic E-state index is 12.1. The van der Waals surface area contributed by atoms with Gasteiger partial charge in [-0.05, 0) is 24.3 Å². The highest BCUT2D eigenvalue weighted by molar-refractivity contribution is 6.38. The number of imide groups is 1. The Morgan fingerprint density at radius 1 is 0.857 bits per heavy atom. The fourth-order valence-corrected chi connectivity index (χ4v) is 2.53. The number of carbonyl (C=O) groups excluding carboxylic acids is 2. The lowest BCUT2D eigenvalue weighted by Crippen LogP contribution is -2.24. The first-order valence-electron chi connectivity index (χ1n) is 6.05. The van der Waals surface area contributed by atoms with Gasteiger partial charge in [-0.3, -0.25) is 9.59 Å². The van der Waals surface area contributed by atoms with Crippen molar-refractivity contribution in [2.75, 3.05) is 0 Å². The molecule has 1 heterocycles. The number of hydrogen-bond donors (Lipinski definition) is 0. The van der Waals surface area contributed by atoms with Gasteiger partial charge < -0.3 is 0 Å². The van der Waals surface area contributed by atoms with Gasteiger partial charge in [-0.1, -0.05) is 41.4 Å². The highest BCUT2D eigenvalue weighted by atomic mass is 35.5. The van der Waals surface area contributed by atoms with E-state index in [-0.39, 0.29) is 0 Å². The number of fused-ring (bicyclic) bond motifs is 1. The van der Waals surface area contributed by atoms with Crippen LogP contribution < -0.4 is 0 Å². The van der Waals surface area contributed by atoms with Crippen LogP contribution >= 0.6 is 23.2 Å². The molecule has 104 valence electrons. The number of amides is 2. The number of nitrogens with zero attached hydrogens (tertiary/aromatic N) is 2. The van der Waals surface area contributed by atoms with Crippen LogP contribution in [0.2, 0.25) is 10.0 Å². The highest BCUT2D eigenvalue weighted by Crippen LogP contribution is 2.25. The van der Waals surface area contributed by atoms with Gasteiger partial charge in [0, 0.05) is 5.56 Å². The molecule has 0 unspecified atom stereocenters. The Hall–Kier alpha value is -2.17. The summed E-state index contributed by atoms with van der Waals surface area (Å²) in [5.41, 5.74) is 1.13. The minimum absolute atomic E-state index is 0.338. The summed E-state index contributed by atoms with van der Waals surface area (Å²) in [7, 11) is 0. The molecular formula is C15H8Cl2N2O2. The second-order valence-electron chi connectivity index (χ2n) is 4.35. The molecule has 0 saturated heterocycles. The van der Waals surface area contributed by atoms with E-state index < -0.39 is 11.8 Å². The molecule has 1 aliphatic rings. The Bertz CT molecular complexity index is 732. The van der Waals surface area contributed by atoms with Crippen molar-refractivity contribution in [3.05, 3.63) is 69.2 Å². The molecule has 0 saturated carbocycles. The van der Waals surface area contributed by atoms with Crippen molar-refractivity contribution >= 4 is 41.2 Å². The van der Waals surface area contributed by atoms with Gasteiger partial charge in [0.05, 0.1) is 27.4 Å². The van der Waals surface area contributed by atoms with Crippen molar-refractivity contribution in [3.63, 3.8) is 0 Å². The lowest BCUT2D eigenvalue weighted by atomic mass is 10.1. The third kappa shape index (κ3) is 2.33. The molecule has 21 heavy (non-hydrogen) atoms. The molecule has 0 radical (unpaired) electrons. The molecule has 4 nitrogen and oxygen atoms in total. The summed E-state index contributed by atoms with van der Waals surface area (Å²) < 4.78 is 0. The quantitative estimate of drug-likeness (QED) is 0.627. The van der Waals surface area contributed by atoms with Crippen LogP contribution in [-0.4, -0.2) is 23.0 Å². The minimum atomic E-state index is -0.463.